The quantitative estimate of drug-likeness (QED) is 0.623. The van der Waals surface area contributed by atoms with Crippen LogP contribution in [0.2, 0.25) is 0 Å². The molecule has 1 heterocycles. The highest BCUT2D eigenvalue weighted by molar-refractivity contribution is 5.93. The largest absolute Gasteiger partial charge is 0.447 e. The van der Waals surface area contributed by atoms with Crippen molar-refractivity contribution in [3.8, 4) is 0 Å². The topological polar surface area (TPSA) is 46.6 Å². The number of allylic oxidation sites excluding steroid dienone is 3. The Morgan fingerprint density at radius 3 is 2.69 bits per heavy atom. The molecule has 0 aromatic heterocycles. The molecule has 4 heteroatoms. The van der Waals surface area contributed by atoms with E-state index in [-0.39, 0.29) is 24.0 Å². The Morgan fingerprint density at radius 2 is 2.04 bits per heavy atom. The molecule has 1 atom stereocenters. The van der Waals surface area contributed by atoms with Crippen molar-refractivity contribution in [1.82, 2.24) is 4.90 Å². The maximum Gasteiger partial charge on any atom is 0.416 e. The van der Waals surface area contributed by atoms with Crippen LogP contribution in [0.5, 0.6) is 0 Å². The predicted octanol–water partition coefficient (Wildman–Crippen LogP) is 4.91. The maximum atomic E-state index is 12.6. The zero-order valence-corrected chi connectivity index (χ0v) is 16.0. The van der Waals surface area contributed by atoms with Crippen molar-refractivity contribution in [3.63, 3.8) is 0 Å². The van der Waals surface area contributed by atoms with Gasteiger partial charge in [0, 0.05) is 6.42 Å². The van der Waals surface area contributed by atoms with E-state index in [1.807, 2.05) is 43.3 Å². The molecule has 0 aliphatic carbocycles. The van der Waals surface area contributed by atoms with E-state index in [9.17, 15) is 9.59 Å². The fourth-order valence-corrected chi connectivity index (χ4v) is 3.07. The van der Waals surface area contributed by atoms with Gasteiger partial charge >= 0.3 is 6.09 Å². The van der Waals surface area contributed by atoms with Crippen LogP contribution in [0.25, 0.3) is 0 Å². The van der Waals surface area contributed by atoms with Crippen molar-refractivity contribution >= 4 is 12.0 Å². The molecule has 1 fully saturated rings. The van der Waals surface area contributed by atoms with Gasteiger partial charge in [-0.3, -0.25) is 4.79 Å². The minimum atomic E-state index is -0.516. The fourth-order valence-electron chi connectivity index (χ4n) is 3.07. The van der Waals surface area contributed by atoms with Crippen molar-refractivity contribution in [2.45, 2.75) is 52.5 Å². The first-order valence-electron chi connectivity index (χ1n) is 9.16. The summed E-state index contributed by atoms with van der Waals surface area (Å²) in [5.74, 6) is -0.145. The van der Waals surface area contributed by atoms with Crippen LogP contribution in [0.15, 0.2) is 54.6 Å². The lowest BCUT2D eigenvalue weighted by Crippen LogP contribution is -2.40. The number of benzene rings is 1. The van der Waals surface area contributed by atoms with E-state index >= 15 is 0 Å². The highest BCUT2D eigenvalue weighted by atomic mass is 16.6. The molecule has 1 aliphatic rings. The summed E-state index contributed by atoms with van der Waals surface area (Å²) in [6.07, 6.45) is 6.20. The minimum Gasteiger partial charge on any atom is -0.447 e. The number of carbonyl (C=O) groups excluding carboxylic acids is 2. The van der Waals surface area contributed by atoms with Crippen LogP contribution in [0.4, 0.5) is 4.79 Å². The summed E-state index contributed by atoms with van der Waals surface area (Å²) in [5, 5.41) is 0. The van der Waals surface area contributed by atoms with Gasteiger partial charge < -0.3 is 4.74 Å². The van der Waals surface area contributed by atoms with Gasteiger partial charge in [-0.05, 0) is 37.2 Å². The van der Waals surface area contributed by atoms with Crippen LogP contribution in [0.3, 0.4) is 0 Å². The molecule has 0 radical (unpaired) electrons. The predicted molar refractivity (Wildman–Crippen MR) is 104 cm³/mol. The Morgan fingerprint density at radius 1 is 1.35 bits per heavy atom. The third-order valence-electron chi connectivity index (χ3n) is 4.57. The second kappa shape index (κ2) is 8.84. The van der Waals surface area contributed by atoms with Crippen molar-refractivity contribution < 1.29 is 14.3 Å². The lowest BCUT2D eigenvalue weighted by molar-refractivity contribution is -0.129. The standard InChI is InChI=1S/C22H29NO3/c1-17(2)12-14-22(3,4)13-8-11-20(24)23-19(16-26-21(23)25)15-18-9-6-5-7-10-18/h5-7,9-10,12,14,19H,1,8,11,13,15-16H2,2-4H3/b14-12+. The average molecular weight is 355 g/mol. The first kappa shape index (κ1) is 20.0. The lowest BCUT2D eigenvalue weighted by Gasteiger charge is -2.22. The number of imide groups is 1. The summed E-state index contributed by atoms with van der Waals surface area (Å²) in [7, 11) is 0. The van der Waals surface area contributed by atoms with E-state index in [2.05, 4.69) is 26.5 Å². The molecule has 2 amide bonds. The van der Waals surface area contributed by atoms with Crippen molar-refractivity contribution in [3.05, 3.63) is 60.2 Å². The third kappa shape index (κ3) is 5.87. The van der Waals surface area contributed by atoms with Gasteiger partial charge in [0.15, 0.2) is 0 Å². The van der Waals surface area contributed by atoms with Gasteiger partial charge in [-0.25, -0.2) is 9.69 Å². The third-order valence-corrected chi connectivity index (χ3v) is 4.57. The van der Waals surface area contributed by atoms with E-state index in [1.54, 1.807) is 0 Å². The van der Waals surface area contributed by atoms with Gasteiger partial charge in [0.1, 0.15) is 6.61 Å². The summed E-state index contributed by atoms with van der Waals surface area (Å²) in [5.41, 5.74) is 2.10. The number of cyclic esters (lactones) is 1. The minimum absolute atomic E-state index is 0.00577. The van der Waals surface area contributed by atoms with Crippen LogP contribution in [0.1, 0.15) is 45.6 Å². The van der Waals surface area contributed by atoms with Crippen molar-refractivity contribution in [2.75, 3.05) is 6.61 Å². The SMILES string of the molecule is C=C(C)/C=C/C(C)(C)CCCC(=O)N1C(=O)OCC1Cc1ccccc1. The second-order valence-corrected chi connectivity index (χ2v) is 7.71. The van der Waals surface area contributed by atoms with E-state index in [1.165, 1.54) is 4.90 Å². The zero-order valence-electron chi connectivity index (χ0n) is 16.0. The molecule has 1 aromatic rings. The highest BCUT2D eigenvalue weighted by Gasteiger charge is 2.37. The molecule has 2 rings (SSSR count). The monoisotopic (exact) mass is 355 g/mol. The van der Waals surface area contributed by atoms with E-state index in [0.717, 1.165) is 24.0 Å². The second-order valence-electron chi connectivity index (χ2n) is 7.71. The van der Waals surface area contributed by atoms with Gasteiger partial charge in [0.05, 0.1) is 6.04 Å². The zero-order chi connectivity index (χ0) is 19.2. The molecular weight excluding hydrogens is 326 g/mol. The molecule has 0 spiro atoms. The molecule has 1 aliphatic heterocycles. The molecule has 1 unspecified atom stereocenters. The Labute approximate surface area is 156 Å². The van der Waals surface area contributed by atoms with Gasteiger partial charge in [0.25, 0.3) is 0 Å². The number of nitrogens with zero attached hydrogens (tertiary/aromatic N) is 1. The highest BCUT2D eigenvalue weighted by Crippen LogP contribution is 2.26. The number of hydrogen-bond acceptors (Lipinski definition) is 3. The molecule has 0 saturated carbocycles. The van der Waals surface area contributed by atoms with E-state index in [4.69, 9.17) is 4.74 Å². The first-order valence-corrected chi connectivity index (χ1v) is 9.16. The number of hydrogen-bond donors (Lipinski definition) is 0. The molecule has 1 saturated heterocycles. The van der Waals surface area contributed by atoms with Gasteiger partial charge in [-0.2, -0.15) is 0 Å². The molecule has 0 bridgehead atoms. The summed E-state index contributed by atoms with van der Waals surface area (Å²) in [6, 6.07) is 9.66. The smallest absolute Gasteiger partial charge is 0.416 e. The number of amides is 2. The van der Waals surface area contributed by atoms with Crippen molar-refractivity contribution in [1.29, 1.82) is 0 Å². The van der Waals surface area contributed by atoms with Crippen molar-refractivity contribution in [2.24, 2.45) is 5.41 Å². The van der Waals surface area contributed by atoms with E-state index in [0.29, 0.717) is 12.8 Å². The normalized spacial score (nSPS) is 17.6. The lowest BCUT2D eigenvalue weighted by atomic mass is 9.86. The Hall–Kier alpha value is -2.36. The Balaban J connectivity index is 1.90. The fraction of sp³-hybridized carbons (Fsp3) is 0.455. The molecule has 26 heavy (non-hydrogen) atoms. The van der Waals surface area contributed by atoms with Crippen LogP contribution in [0, 0.1) is 5.41 Å². The van der Waals surface area contributed by atoms with Crippen LogP contribution in [-0.4, -0.2) is 29.5 Å². The van der Waals surface area contributed by atoms with E-state index < -0.39 is 6.09 Å². The van der Waals surface area contributed by atoms with Crippen LogP contribution >= 0.6 is 0 Å². The number of ether oxygens (including phenoxy) is 1. The van der Waals surface area contributed by atoms with Crippen LogP contribution in [-0.2, 0) is 16.0 Å². The summed E-state index contributed by atoms with van der Waals surface area (Å²) < 4.78 is 5.13. The maximum absolute atomic E-state index is 12.6. The summed E-state index contributed by atoms with van der Waals surface area (Å²) in [4.78, 5) is 25.9. The molecular formula is C22H29NO3. The number of rotatable bonds is 8. The Kier molecular flexibility index (Phi) is 6.78. The molecule has 1 aromatic carbocycles. The molecule has 140 valence electrons. The van der Waals surface area contributed by atoms with Crippen LogP contribution < -0.4 is 0 Å². The van der Waals surface area contributed by atoms with Gasteiger partial charge in [-0.15, -0.1) is 0 Å². The Bertz CT molecular complexity index is 676. The van der Waals surface area contributed by atoms with Gasteiger partial charge in [-0.1, -0.05) is 68.5 Å². The van der Waals surface area contributed by atoms with Gasteiger partial charge in [0.2, 0.25) is 5.91 Å². The molecule has 4 nitrogen and oxygen atoms in total. The molecule has 0 N–H and O–H groups in total. The summed E-state index contributed by atoms with van der Waals surface area (Å²) in [6.45, 7) is 10.4. The first-order chi connectivity index (χ1) is 12.3. The number of carbonyl (C=O) groups is 2. The average Bonchev–Trinajstić information content (AvgIpc) is 2.94. The summed E-state index contributed by atoms with van der Waals surface area (Å²) >= 11 is 0.